The van der Waals surface area contributed by atoms with E-state index in [0.717, 1.165) is 32.1 Å². The van der Waals surface area contributed by atoms with Crippen LogP contribution in [0.1, 0.15) is 52.4 Å². The van der Waals surface area contributed by atoms with Gasteiger partial charge >= 0.3 is 5.97 Å². The van der Waals surface area contributed by atoms with Gasteiger partial charge in [-0.3, -0.25) is 9.59 Å². The van der Waals surface area contributed by atoms with Gasteiger partial charge in [0, 0.05) is 7.11 Å². The van der Waals surface area contributed by atoms with Gasteiger partial charge in [0.15, 0.2) is 5.78 Å². The Morgan fingerprint density at radius 3 is 2.28 bits per heavy atom. The molecule has 0 N–H and O–H groups in total. The minimum Gasteiger partial charge on any atom is -0.465 e. The third-order valence-electron chi connectivity index (χ3n) is 3.72. The molecule has 0 aromatic rings. The highest BCUT2D eigenvalue weighted by Crippen LogP contribution is 2.36. The van der Waals surface area contributed by atoms with Crippen molar-refractivity contribution in [3.63, 3.8) is 0 Å². The second kappa shape index (κ2) is 6.88. The summed E-state index contributed by atoms with van der Waals surface area (Å²) in [7, 11) is 1.57. The summed E-state index contributed by atoms with van der Waals surface area (Å²) in [4.78, 5) is 24.5. The van der Waals surface area contributed by atoms with E-state index < -0.39 is 17.5 Å². The first-order valence-corrected chi connectivity index (χ1v) is 6.87. The Morgan fingerprint density at radius 1 is 1.22 bits per heavy atom. The van der Waals surface area contributed by atoms with Crippen molar-refractivity contribution >= 4 is 11.8 Å². The lowest BCUT2D eigenvalue weighted by atomic mass is 9.84. The van der Waals surface area contributed by atoms with Crippen LogP contribution in [0.25, 0.3) is 0 Å². The van der Waals surface area contributed by atoms with Crippen LogP contribution < -0.4 is 0 Å². The van der Waals surface area contributed by atoms with E-state index in [1.165, 1.54) is 0 Å². The lowest BCUT2D eigenvalue weighted by molar-refractivity contribution is -0.159. The molecule has 1 rings (SSSR count). The topological polar surface area (TPSA) is 52.6 Å². The summed E-state index contributed by atoms with van der Waals surface area (Å²) in [6.45, 7) is 4.03. The van der Waals surface area contributed by atoms with E-state index in [2.05, 4.69) is 0 Å². The molecule has 1 aliphatic carbocycles. The summed E-state index contributed by atoms with van der Waals surface area (Å²) in [5.41, 5.74) is -0.743. The van der Waals surface area contributed by atoms with Crippen molar-refractivity contribution in [2.75, 3.05) is 13.7 Å². The van der Waals surface area contributed by atoms with E-state index in [1.807, 2.05) is 6.92 Å². The van der Waals surface area contributed by atoms with Gasteiger partial charge in [0.25, 0.3) is 0 Å². The molecule has 1 unspecified atom stereocenters. The Labute approximate surface area is 109 Å². The van der Waals surface area contributed by atoms with Gasteiger partial charge in [0.05, 0.1) is 6.61 Å². The number of hydrogen-bond acceptors (Lipinski definition) is 4. The van der Waals surface area contributed by atoms with Gasteiger partial charge in [-0.25, -0.2) is 0 Å². The monoisotopic (exact) mass is 256 g/mol. The summed E-state index contributed by atoms with van der Waals surface area (Å²) >= 11 is 0. The largest absolute Gasteiger partial charge is 0.465 e. The number of ketones is 1. The first-order chi connectivity index (χ1) is 8.61. The standard InChI is InChI=1S/C14H24O4/c1-4-8-11(13(16)18-5-2)12(15)14(17-3)9-6-7-10-14/h11H,4-10H2,1-3H3. The van der Waals surface area contributed by atoms with E-state index in [9.17, 15) is 9.59 Å². The Hall–Kier alpha value is -0.900. The molecule has 4 nitrogen and oxygen atoms in total. The van der Waals surface area contributed by atoms with Gasteiger partial charge < -0.3 is 9.47 Å². The quantitative estimate of drug-likeness (QED) is 0.519. The highest BCUT2D eigenvalue weighted by Gasteiger charge is 2.46. The van der Waals surface area contributed by atoms with Crippen LogP contribution in [-0.2, 0) is 19.1 Å². The first-order valence-electron chi connectivity index (χ1n) is 6.87. The Balaban J connectivity index is 2.83. The molecule has 1 saturated carbocycles. The van der Waals surface area contributed by atoms with Crippen molar-refractivity contribution < 1.29 is 19.1 Å². The van der Waals surface area contributed by atoms with Crippen LogP contribution >= 0.6 is 0 Å². The fraction of sp³-hybridized carbons (Fsp3) is 0.857. The molecule has 18 heavy (non-hydrogen) atoms. The van der Waals surface area contributed by atoms with Crippen molar-refractivity contribution in [3.05, 3.63) is 0 Å². The van der Waals surface area contributed by atoms with Crippen molar-refractivity contribution in [3.8, 4) is 0 Å². The molecule has 0 aliphatic heterocycles. The smallest absolute Gasteiger partial charge is 0.316 e. The van der Waals surface area contributed by atoms with Crippen LogP contribution in [0.15, 0.2) is 0 Å². The van der Waals surface area contributed by atoms with Crippen LogP contribution in [-0.4, -0.2) is 31.1 Å². The van der Waals surface area contributed by atoms with Crippen LogP contribution in [0.4, 0.5) is 0 Å². The second-order valence-electron chi connectivity index (χ2n) is 4.86. The summed E-state index contributed by atoms with van der Waals surface area (Å²) in [6.07, 6.45) is 4.75. The number of rotatable bonds is 7. The van der Waals surface area contributed by atoms with Crippen molar-refractivity contribution in [2.24, 2.45) is 5.92 Å². The van der Waals surface area contributed by atoms with Gasteiger partial charge in [0.2, 0.25) is 0 Å². The van der Waals surface area contributed by atoms with Crippen LogP contribution in [0.3, 0.4) is 0 Å². The molecule has 0 heterocycles. The van der Waals surface area contributed by atoms with Crippen molar-refractivity contribution in [2.45, 2.75) is 58.0 Å². The zero-order chi connectivity index (χ0) is 13.6. The minimum absolute atomic E-state index is 0.0807. The molecule has 0 spiro atoms. The first kappa shape index (κ1) is 15.2. The average molecular weight is 256 g/mol. The molecule has 0 radical (unpaired) electrons. The zero-order valence-corrected chi connectivity index (χ0v) is 11.7. The molecule has 1 fully saturated rings. The molecule has 1 aliphatic rings. The zero-order valence-electron chi connectivity index (χ0n) is 11.7. The number of carbonyl (C=O) groups is 2. The fourth-order valence-corrected chi connectivity index (χ4v) is 2.70. The third-order valence-corrected chi connectivity index (χ3v) is 3.72. The van der Waals surface area contributed by atoms with Gasteiger partial charge in [-0.1, -0.05) is 13.3 Å². The maximum atomic E-state index is 12.6. The predicted octanol–water partition coefficient (Wildman–Crippen LogP) is 2.49. The van der Waals surface area contributed by atoms with Crippen molar-refractivity contribution in [1.29, 1.82) is 0 Å². The summed E-state index contributed by atoms with van der Waals surface area (Å²) in [6, 6.07) is 0. The molecule has 0 aromatic carbocycles. The van der Waals surface area contributed by atoms with Crippen LogP contribution in [0, 0.1) is 5.92 Å². The number of esters is 1. The molecule has 0 saturated heterocycles. The van der Waals surface area contributed by atoms with Gasteiger partial charge in [-0.05, 0) is 39.0 Å². The lowest BCUT2D eigenvalue weighted by Gasteiger charge is -2.29. The maximum absolute atomic E-state index is 12.6. The van der Waals surface area contributed by atoms with Crippen LogP contribution in [0.2, 0.25) is 0 Å². The van der Waals surface area contributed by atoms with Crippen LogP contribution in [0.5, 0.6) is 0 Å². The Bertz CT molecular complexity index is 292. The molecular formula is C14H24O4. The Kier molecular flexibility index (Phi) is 5.79. The minimum atomic E-state index is -0.743. The summed E-state index contributed by atoms with van der Waals surface area (Å²) in [5.74, 6) is -1.14. The summed E-state index contributed by atoms with van der Waals surface area (Å²) in [5, 5.41) is 0. The van der Waals surface area contributed by atoms with E-state index in [1.54, 1.807) is 14.0 Å². The number of methoxy groups -OCH3 is 1. The van der Waals surface area contributed by atoms with Gasteiger partial charge in [-0.2, -0.15) is 0 Å². The molecule has 1 atom stereocenters. The molecule has 104 valence electrons. The van der Waals surface area contributed by atoms with E-state index >= 15 is 0 Å². The highest BCUT2D eigenvalue weighted by atomic mass is 16.5. The molecule has 0 aromatic heterocycles. The fourth-order valence-electron chi connectivity index (χ4n) is 2.70. The van der Waals surface area contributed by atoms with E-state index in [0.29, 0.717) is 13.0 Å². The second-order valence-corrected chi connectivity index (χ2v) is 4.86. The van der Waals surface area contributed by atoms with Gasteiger partial charge in [0.1, 0.15) is 11.5 Å². The maximum Gasteiger partial charge on any atom is 0.316 e. The van der Waals surface area contributed by atoms with Crippen molar-refractivity contribution in [1.82, 2.24) is 0 Å². The van der Waals surface area contributed by atoms with Gasteiger partial charge in [-0.15, -0.1) is 0 Å². The number of hydrogen-bond donors (Lipinski definition) is 0. The SMILES string of the molecule is CCCC(C(=O)OCC)C(=O)C1(OC)CCCC1. The lowest BCUT2D eigenvalue weighted by Crippen LogP contribution is -2.45. The molecule has 4 heteroatoms. The highest BCUT2D eigenvalue weighted by molar-refractivity contribution is 6.03. The predicted molar refractivity (Wildman–Crippen MR) is 68.2 cm³/mol. The van der Waals surface area contributed by atoms with E-state index in [-0.39, 0.29) is 5.78 Å². The Morgan fingerprint density at radius 2 is 1.83 bits per heavy atom. The normalized spacial score (nSPS) is 19.5. The molecule has 0 bridgehead atoms. The number of carbonyl (C=O) groups excluding carboxylic acids is 2. The number of ether oxygens (including phenoxy) is 2. The van der Waals surface area contributed by atoms with E-state index in [4.69, 9.17) is 9.47 Å². The summed E-state index contributed by atoms with van der Waals surface area (Å²) < 4.78 is 10.5. The number of Topliss-reactive ketones (excluding diaryl/α,β-unsaturated/α-hetero) is 1. The third kappa shape index (κ3) is 3.10. The average Bonchev–Trinajstić information content (AvgIpc) is 2.85. The molecular weight excluding hydrogens is 232 g/mol. The molecule has 0 amide bonds.